The van der Waals surface area contributed by atoms with Crippen molar-refractivity contribution < 1.29 is 30.5 Å². The van der Waals surface area contributed by atoms with Crippen molar-refractivity contribution in [3.8, 4) is 0 Å². The maximum absolute atomic E-state index is 13.4. The Bertz CT molecular complexity index is 903. The summed E-state index contributed by atoms with van der Waals surface area (Å²) in [5.41, 5.74) is -5.67. The van der Waals surface area contributed by atoms with Gasteiger partial charge in [-0.05, 0) is 38.0 Å². The summed E-state index contributed by atoms with van der Waals surface area (Å²) in [4.78, 5) is 4.57. The van der Waals surface area contributed by atoms with Crippen molar-refractivity contribution in [3.63, 3.8) is 0 Å². The number of aryl methyl sites for hydroxylation is 1. The average Bonchev–Trinajstić information content (AvgIpc) is 3.00. The Morgan fingerprint density at radius 3 is 2.42 bits per heavy atom. The highest BCUT2D eigenvalue weighted by Crippen LogP contribution is 2.38. The molecule has 6 nitrogen and oxygen atoms in total. The molecule has 26 heavy (non-hydrogen) atoms. The Morgan fingerprint density at radius 1 is 1.23 bits per heavy atom. The van der Waals surface area contributed by atoms with E-state index in [1.807, 2.05) is 0 Å². The molecule has 0 unspecified atom stereocenters. The summed E-state index contributed by atoms with van der Waals surface area (Å²) < 4.78 is 80.9. The number of benzene rings is 1. The van der Waals surface area contributed by atoms with Crippen LogP contribution >= 0.6 is 0 Å². The average molecular weight is 393 g/mol. The van der Waals surface area contributed by atoms with Gasteiger partial charge in [-0.15, -0.1) is 0 Å². The van der Waals surface area contributed by atoms with E-state index in [1.54, 1.807) is 6.92 Å². The van der Waals surface area contributed by atoms with E-state index in [1.165, 1.54) is 4.90 Å². The van der Waals surface area contributed by atoms with E-state index in [2.05, 4.69) is 10.1 Å². The second kappa shape index (κ2) is 6.53. The van der Waals surface area contributed by atoms with Crippen molar-refractivity contribution in [2.45, 2.75) is 36.1 Å². The lowest BCUT2D eigenvalue weighted by Gasteiger charge is -2.33. The Hall–Kier alpha value is -2.17. The van der Waals surface area contributed by atoms with Crippen LogP contribution in [0.2, 0.25) is 0 Å². The molecule has 0 amide bonds. The molecule has 0 atom stereocenters. The number of rotatable bonds is 3. The molecule has 0 radical (unpaired) electrons. The van der Waals surface area contributed by atoms with E-state index < -0.39 is 26.1 Å². The van der Waals surface area contributed by atoms with Gasteiger partial charge >= 0.3 is 5.51 Å². The van der Waals surface area contributed by atoms with Gasteiger partial charge in [0.25, 0.3) is 9.84 Å². The number of hydrogen-bond acceptors (Lipinski definition) is 6. The molecule has 2 aromatic rings. The van der Waals surface area contributed by atoms with Crippen LogP contribution in [0.25, 0.3) is 0 Å². The van der Waals surface area contributed by atoms with Crippen LogP contribution in [0.3, 0.4) is 0 Å². The van der Waals surface area contributed by atoms with Gasteiger partial charge < -0.3 is 9.42 Å². The maximum Gasteiger partial charge on any atom is 0.501 e. The van der Waals surface area contributed by atoms with Gasteiger partial charge in [0.15, 0.2) is 5.82 Å². The first kappa shape index (κ1) is 18.6. The van der Waals surface area contributed by atoms with Crippen molar-refractivity contribution in [1.82, 2.24) is 10.1 Å². The third-order valence-electron chi connectivity index (χ3n) is 4.24. The lowest BCUT2D eigenvalue weighted by atomic mass is 9.96. The van der Waals surface area contributed by atoms with Gasteiger partial charge in [0.1, 0.15) is 10.7 Å². The highest BCUT2D eigenvalue weighted by atomic mass is 32.2. The highest BCUT2D eigenvalue weighted by Gasteiger charge is 2.48. The van der Waals surface area contributed by atoms with E-state index >= 15 is 0 Å². The van der Waals surface area contributed by atoms with E-state index in [9.17, 15) is 26.0 Å². The van der Waals surface area contributed by atoms with Gasteiger partial charge in [0, 0.05) is 19.0 Å². The molecule has 0 bridgehead atoms. The summed E-state index contributed by atoms with van der Waals surface area (Å²) in [6.45, 7) is 2.23. The van der Waals surface area contributed by atoms with Crippen LogP contribution in [0.5, 0.6) is 0 Å². The molecule has 0 saturated carbocycles. The lowest BCUT2D eigenvalue weighted by Crippen LogP contribution is -2.35. The van der Waals surface area contributed by atoms with Crippen molar-refractivity contribution in [2.24, 2.45) is 0 Å². The van der Waals surface area contributed by atoms with Gasteiger partial charge in [-0.2, -0.15) is 18.2 Å². The fourth-order valence-corrected chi connectivity index (χ4v) is 3.92. The summed E-state index contributed by atoms with van der Waals surface area (Å²) in [6.07, 6.45) is 0.981. The zero-order chi connectivity index (χ0) is 19.1. The number of piperidine rings is 1. The van der Waals surface area contributed by atoms with Crippen LogP contribution in [0.15, 0.2) is 27.6 Å². The third kappa shape index (κ3) is 3.39. The molecule has 3 rings (SSSR count). The number of nitrogens with zero attached hydrogens (tertiary/aromatic N) is 3. The summed E-state index contributed by atoms with van der Waals surface area (Å²) >= 11 is 0. The van der Waals surface area contributed by atoms with Crippen molar-refractivity contribution in [3.05, 3.63) is 35.7 Å². The van der Waals surface area contributed by atoms with Gasteiger partial charge in [0.05, 0.1) is 5.69 Å². The second-order valence-electron chi connectivity index (χ2n) is 6.00. The first-order valence-corrected chi connectivity index (χ1v) is 9.24. The van der Waals surface area contributed by atoms with Crippen molar-refractivity contribution >= 4 is 15.5 Å². The molecular formula is C15H15F4N3O3S. The first-order valence-electron chi connectivity index (χ1n) is 7.75. The SMILES string of the molecule is Cc1noc(C2CCN(c3ccc(F)cc3S(=O)(=O)C(F)(F)F)CC2)n1. The molecule has 0 N–H and O–H groups in total. The predicted molar refractivity (Wildman–Crippen MR) is 82.9 cm³/mol. The standard InChI is InChI=1S/C15H15F4N3O3S/c1-9-20-14(25-21-9)10-4-6-22(7-5-10)12-3-2-11(16)8-13(12)26(23,24)15(17,18)19/h2-3,8,10H,4-7H2,1H3. The smallest absolute Gasteiger partial charge is 0.370 e. The molecule has 1 aliphatic rings. The van der Waals surface area contributed by atoms with Gasteiger partial charge in [0.2, 0.25) is 5.89 Å². The number of aromatic nitrogens is 2. The zero-order valence-electron chi connectivity index (χ0n) is 13.6. The van der Waals surface area contributed by atoms with E-state index in [4.69, 9.17) is 4.52 Å². The van der Waals surface area contributed by atoms with Gasteiger partial charge in [-0.25, -0.2) is 12.8 Å². The van der Waals surface area contributed by atoms with Crippen molar-refractivity contribution in [2.75, 3.05) is 18.0 Å². The normalized spacial score (nSPS) is 16.9. The second-order valence-corrected chi connectivity index (χ2v) is 7.91. The van der Waals surface area contributed by atoms with E-state index in [0.717, 1.165) is 12.1 Å². The van der Waals surface area contributed by atoms with E-state index in [-0.39, 0.29) is 24.7 Å². The van der Waals surface area contributed by atoms with E-state index in [0.29, 0.717) is 30.6 Å². The quantitative estimate of drug-likeness (QED) is 0.746. The molecular weight excluding hydrogens is 378 g/mol. The Morgan fingerprint density at radius 2 is 1.88 bits per heavy atom. The molecule has 0 spiro atoms. The first-order chi connectivity index (χ1) is 12.1. The maximum atomic E-state index is 13.4. The highest BCUT2D eigenvalue weighted by molar-refractivity contribution is 7.92. The van der Waals surface area contributed by atoms with Crippen LogP contribution in [0.4, 0.5) is 23.2 Å². The van der Waals surface area contributed by atoms with Crippen LogP contribution in [-0.4, -0.2) is 37.2 Å². The number of alkyl halides is 3. The van der Waals surface area contributed by atoms with Crippen molar-refractivity contribution in [1.29, 1.82) is 0 Å². The minimum atomic E-state index is -5.66. The van der Waals surface area contributed by atoms with Crippen LogP contribution in [-0.2, 0) is 9.84 Å². The zero-order valence-corrected chi connectivity index (χ0v) is 14.4. The summed E-state index contributed by atoms with van der Waals surface area (Å²) in [5.74, 6) is -0.174. The predicted octanol–water partition coefficient (Wildman–Crippen LogP) is 3.19. The fraction of sp³-hybridized carbons (Fsp3) is 0.467. The number of hydrogen-bond donors (Lipinski definition) is 0. The van der Waals surface area contributed by atoms with Crippen LogP contribution < -0.4 is 4.90 Å². The Balaban J connectivity index is 1.87. The lowest BCUT2D eigenvalue weighted by molar-refractivity contribution is -0.0435. The minimum Gasteiger partial charge on any atom is -0.370 e. The summed E-state index contributed by atoms with van der Waals surface area (Å²) in [5, 5.41) is 3.71. The van der Waals surface area contributed by atoms with Crippen LogP contribution in [0, 0.1) is 12.7 Å². The molecule has 2 heterocycles. The number of sulfone groups is 1. The molecule has 1 saturated heterocycles. The molecule has 1 aromatic heterocycles. The number of halogens is 4. The summed E-state index contributed by atoms with van der Waals surface area (Å²) in [6, 6.07) is 2.41. The molecule has 1 aromatic carbocycles. The number of anilines is 1. The van der Waals surface area contributed by atoms with Gasteiger partial charge in [-0.1, -0.05) is 5.16 Å². The minimum absolute atomic E-state index is 0.0597. The Labute approximate surface area is 146 Å². The largest absolute Gasteiger partial charge is 0.501 e. The Kier molecular flexibility index (Phi) is 4.67. The molecule has 142 valence electrons. The molecule has 1 aliphatic heterocycles. The third-order valence-corrected chi connectivity index (χ3v) is 5.76. The molecule has 11 heteroatoms. The van der Waals surface area contributed by atoms with Gasteiger partial charge in [-0.3, -0.25) is 0 Å². The monoisotopic (exact) mass is 393 g/mol. The summed E-state index contributed by atoms with van der Waals surface area (Å²) in [7, 11) is -5.66. The fourth-order valence-electron chi connectivity index (χ4n) is 2.94. The van der Waals surface area contributed by atoms with Crippen LogP contribution in [0.1, 0.15) is 30.5 Å². The topological polar surface area (TPSA) is 76.3 Å². The molecule has 0 aliphatic carbocycles. The molecule has 1 fully saturated rings.